The number of phenols is 1. The van der Waals surface area contributed by atoms with Crippen LogP contribution in [0.4, 0.5) is 0 Å². The molecule has 0 bridgehead atoms. The zero-order valence-electron chi connectivity index (χ0n) is 11.1. The fourth-order valence-corrected chi connectivity index (χ4v) is 2.77. The van der Waals surface area contributed by atoms with E-state index in [1.165, 1.54) is 6.92 Å². The molecule has 0 saturated heterocycles. The molecule has 4 nitrogen and oxygen atoms in total. The van der Waals surface area contributed by atoms with Gasteiger partial charge >= 0.3 is 5.97 Å². The van der Waals surface area contributed by atoms with Crippen LogP contribution in [0.15, 0.2) is 24.3 Å². The summed E-state index contributed by atoms with van der Waals surface area (Å²) in [5, 5.41) is 11.6. The summed E-state index contributed by atoms with van der Waals surface area (Å²) in [6.45, 7) is 1.31. The molecule has 0 saturated carbocycles. The van der Waals surface area contributed by atoms with Crippen molar-refractivity contribution in [2.75, 3.05) is 0 Å². The van der Waals surface area contributed by atoms with Crippen molar-refractivity contribution in [3.63, 3.8) is 0 Å². The zero-order chi connectivity index (χ0) is 14.3. The first-order valence-electron chi connectivity index (χ1n) is 6.57. The van der Waals surface area contributed by atoms with E-state index in [-0.39, 0.29) is 17.3 Å². The van der Waals surface area contributed by atoms with E-state index in [0.717, 1.165) is 23.8 Å². The van der Waals surface area contributed by atoms with Gasteiger partial charge in [-0.1, -0.05) is 18.2 Å². The largest absolute Gasteiger partial charge is 0.506 e. The Morgan fingerprint density at radius 1 is 1.30 bits per heavy atom. The number of ketones is 1. The Balaban J connectivity index is 2.32. The van der Waals surface area contributed by atoms with Crippen molar-refractivity contribution in [3.8, 4) is 11.5 Å². The maximum absolute atomic E-state index is 12.0. The lowest BCUT2D eigenvalue weighted by molar-refractivity contribution is -0.131. The number of carbonyl (C=O) groups is 2. The normalized spacial score (nSPS) is 14.2. The number of rotatable bonds is 1. The summed E-state index contributed by atoms with van der Waals surface area (Å²) in [7, 11) is 0. The number of carbonyl (C=O) groups excluding carboxylic acids is 2. The molecule has 0 spiro atoms. The van der Waals surface area contributed by atoms with Crippen LogP contribution in [0.25, 0.3) is 10.8 Å². The van der Waals surface area contributed by atoms with Crippen LogP contribution < -0.4 is 4.74 Å². The van der Waals surface area contributed by atoms with Gasteiger partial charge in [-0.15, -0.1) is 0 Å². The van der Waals surface area contributed by atoms with E-state index >= 15 is 0 Å². The van der Waals surface area contributed by atoms with E-state index in [9.17, 15) is 14.7 Å². The number of aryl methyl sites for hydroxylation is 1. The summed E-state index contributed by atoms with van der Waals surface area (Å²) < 4.78 is 5.12. The molecule has 1 aliphatic rings. The number of esters is 1. The Bertz CT molecular complexity index is 731. The minimum Gasteiger partial charge on any atom is -0.506 e. The van der Waals surface area contributed by atoms with Crippen LogP contribution >= 0.6 is 0 Å². The van der Waals surface area contributed by atoms with Gasteiger partial charge in [0.25, 0.3) is 0 Å². The van der Waals surface area contributed by atoms with Crippen molar-refractivity contribution >= 4 is 22.5 Å². The Hall–Kier alpha value is -2.36. The van der Waals surface area contributed by atoms with Crippen LogP contribution in [0, 0.1) is 0 Å². The molecule has 0 aliphatic heterocycles. The SMILES string of the molecule is CC(=O)Oc1cccc2cc3c(c(O)c12)C(=O)CCC3. The van der Waals surface area contributed by atoms with Crippen molar-refractivity contribution in [2.45, 2.75) is 26.2 Å². The van der Waals surface area contributed by atoms with Crippen LogP contribution in [0.3, 0.4) is 0 Å². The molecule has 20 heavy (non-hydrogen) atoms. The third kappa shape index (κ3) is 1.93. The predicted molar refractivity (Wildman–Crippen MR) is 74.2 cm³/mol. The van der Waals surface area contributed by atoms with E-state index < -0.39 is 5.97 Å². The molecular formula is C16H14O4. The van der Waals surface area contributed by atoms with E-state index in [1.54, 1.807) is 12.1 Å². The molecule has 2 aromatic carbocycles. The summed E-state index contributed by atoms with van der Waals surface area (Å²) >= 11 is 0. The maximum atomic E-state index is 12.0. The number of hydrogen-bond acceptors (Lipinski definition) is 4. The van der Waals surface area contributed by atoms with Crippen molar-refractivity contribution in [3.05, 3.63) is 35.4 Å². The maximum Gasteiger partial charge on any atom is 0.308 e. The van der Waals surface area contributed by atoms with Gasteiger partial charge in [0.1, 0.15) is 11.5 Å². The molecule has 1 N–H and O–H groups in total. The Labute approximate surface area is 116 Å². The number of benzene rings is 2. The second-order valence-corrected chi connectivity index (χ2v) is 4.98. The van der Waals surface area contributed by atoms with Crippen LogP contribution in [-0.2, 0) is 11.2 Å². The molecule has 102 valence electrons. The first-order valence-corrected chi connectivity index (χ1v) is 6.57. The van der Waals surface area contributed by atoms with Crippen LogP contribution in [0.1, 0.15) is 35.7 Å². The van der Waals surface area contributed by atoms with E-state index in [4.69, 9.17) is 4.74 Å². The monoisotopic (exact) mass is 270 g/mol. The Morgan fingerprint density at radius 3 is 2.85 bits per heavy atom. The van der Waals surface area contributed by atoms with Gasteiger partial charge in [-0.05, 0) is 29.9 Å². The van der Waals surface area contributed by atoms with Crippen molar-refractivity contribution < 1.29 is 19.4 Å². The second-order valence-electron chi connectivity index (χ2n) is 4.98. The highest BCUT2D eigenvalue weighted by Crippen LogP contribution is 2.40. The van der Waals surface area contributed by atoms with E-state index in [1.807, 2.05) is 12.1 Å². The zero-order valence-corrected chi connectivity index (χ0v) is 11.1. The van der Waals surface area contributed by atoms with Crippen LogP contribution in [-0.4, -0.2) is 16.9 Å². The highest BCUT2D eigenvalue weighted by atomic mass is 16.5. The predicted octanol–water partition coefficient (Wildman–Crippen LogP) is 2.99. The second kappa shape index (κ2) is 4.63. The lowest BCUT2D eigenvalue weighted by atomic mass is 9.87. The highest BCUT2D eigenvalue weighted by Gasteiger charge is 2.24. The molecule has 0 aromatic heterocycles. The molecule has 4 heteroatoms. The minimum absolute atomic E-state index is 0.0525. The average molecular weight is 270 g/mol. The summed E-state index contributed by atoms with van der Waals surface area (Å²) in [5.74, 6) is -0.294. The fourth-order valence-electron chi connectivity index (χ4n) is 2.77. The van der Waals surface area contributed by atoms with E-state index in [0.29, 0.717) is 17.4 Å². The van der Waals surface area contributed by atoms with Gasteiger partial charge in [0.15, 0.2) is 5.78 Å². The van der Waals surface area contributed by atoms with E-state index in [2.05, 4.69) is 0 Å². The molecule has 3 rings (SSSR count). The molecular weight excluding hydrogens is 256 g/mol. The average Bonchev–Trinajstić information content (AvgIpc) is 2.38. The third-order valence-corrected chi connectivity index (χ3v) is 3.57. The first-order chi connectivity index (χ1) is 9.58. The van der Waals surface area contributed by atoms with Gasteiger partial charge in [0.2, 0.25) is 0 Å². The first kappa shape index (κ1) is 12.7. The number of fused-ring (bicyclic) bond motifs is 2. The molecule has 0 amide bonds. The molecule has 0 atom stereocenters. The topological polar surface area (TPSA) is 63.6 Å². The minimum atomic E-state index is -0.457. The van der Waals surface area contributed by atoms with Gasteiger partial charge in [-0.25, -0.2) is 0 Å². The number of aromatic hydroxyl groups is 1. The quantitative estimate of drug-likeness (QED) is 0.639. The van der Waals surface area contributed by atoms with Crippen LogP contribution in [0.5, 0.6) is 11.5 Å². The summed E-state index contributed by atoms with van der Waals surface area (Å²) in [5.41, 5.74) is 1.24. The van der Waals surface area contributed by atoms with Gasteiger partial charge in [0.05, 0.1) is 10.9 Å². The number of ether oxygens (including phenoxy) is 1. The molecule has 1 aliphatic carbocycles. The Kier molecular flexibility index (Phi) is 2.93. The lowest BCUT2D eigenvalue weighted by Gasteiger charge is -2.18. The fraction of sp³-hybridized carbons (Fsp3) is 0.250. The molecule has 0 fully saturated rings. The van der Waals surface area contributed by atoms with Crippen molar-refractivity contribution in [2.24, 2.45) is 0 Å². The smallest absolute Gasteiger partial charge is 0.308 e. The third-order valence-electron chi connectivity index (χ3n) is 3.57. The van der Waals surface area contributed by atoms with Gasteiger partial charge in [0, 0.05) is 13.3 Å². The van der Waals surface area contributed by atoms with Gasteiger partial charge < -0.3 is 9.84 Å². The molecule has 0 radical (unpaired) electrons. The van der Waals surface area contributed by atoms with Crippen LogP contribution in [0.2, 0.25) is 0 Å². The standard InChI is InChI=1S/C16H14O4/c1-9(17)20-13-7-3-5-11-8-10-4-2-6-12(18)14(10)16(19)15(11)13/h3,5,7-8,19H,2,4,6H2,1H3. The number of hydrogen-bond donors (Lipinski definition) is 1. The lowest BCUT2D eigenvalue weighted by Crippen LogP contribution is -2.11. The number of Topliss-reactive ketones (excluding diaryl/α,β-unsaturated/α-hetero) is 1. The van der Waals surface area contributed by atoms with Crippen molar-refractivity contribution in [1.82, 2.24) is 0 Å². The molecule has 2 aromatic rings. The number of phenolic OH excluding ortho intramolecular Hbond substituents is 1. The van der Waals surface area contributed by atoms with Crippen molar-refractivity contribution in [1.29, 1.82) is 0 Å². The van der Waals surface area contributed by atoms with Gasteiger partial charge in [-0.3, -0.25) is 9.59 Å². The summed E-state index contributed by atoms with van der Waals surface area (Å²) in [6, 6.07) is 7.11. The van der Waals surface area contributed by atoms with Gasteiger partial charge in [-0.2, -0.15) is 0 Å². The summed E-state index contributed by atoms with van der Waals surface area (Å²) in [4.78, 5) is 23.2. The Morgan fingerprint density at radius 2 is 2.10 bits per heavy atom. The summed E-state index contributed by atoms with van der Waals surface area (Å²) in [6.07, 6.45) is 2.03. The molecule has 0 heterocycles. The highest BCUT2D eigenvalue weighted by molar-refractivity contribution is 6.08. The molecule has 0 unspecified atom stereocenters.